The van der Waals surface area contributed by atoms with E-state index in [1.54, 1.807) is 37.8 Å². The van der Waals surface area contributed by atoms with Crippen LogP contribution in [-0.2, 0) is 20.7 Å². The number of carbonyl (C=O) groups is 2. The quantitative estimate of drug-likeness (QED) is 0.581. The van der Waals surface area contributed by atoms with Crippen molar-refractivity contribution < 1.29 is 19.1 Å². The highest BCUT2D eigenvalue weighted by molar-refractivity contribution is 5.78. The van der Waals surface area contributed by atoms with Crippen molar-refractivity contribution in [3.63, 3.8) is 0 Å². The molecule has 1 aromatic carbocycles. The van der Waals surface area contributed by atoms with Crippen LogP contribution in [0.15, 0.2) is 42.5 Å². The van der Waals surface area contributed by atoms with Gasteiger partial charge in [0.1, 0.15) is 18.4 Å². The highest BCUT2D eigenvalue weighted by Gasteiger charge is 2.22. The molecule has 1 aliphatic heterocycles. The van der Waals surface area contributed by atoms with E-state index in [2.05, 4.69) is 29.0 Å². The minimum atomic E-state index is -0.708. The molecule has 1 aromatic rings. The Kier molecular flexibility index (Phi) is 9.00. The number of allylic oxidation sites excluding steroid dienone is 2. The van der Waals surface area contributed by atoms with Crippen LogP contribution in [0.3, 0.4) is 0 Å². The molecule has 0 aliphatic carbocycles. The standard InChI is InChI=1S/C24H28N2O4/c1-24(2,3)30-23(28)25-21(18-20-14-10-9-11-15-20)29-19-22(27)26-16-12-7-5-4-6-8-13-17-26/h4-5,9-11,14-15,21H,13,16-19H2,1-3H3,(H,25,28)/b5-4-/t21-/m1/s1. The predicted octanol–water partition coefficient (Wildman–Crippen LogP) is 2.89. The number of nitrogens with zero attached hydrogens (tertiary/aromatic N) is 1. The average molecular weight is 408 g/mol. The summed E-state index contributed by atoms with van der Waals surface area (Å²) in [6.45, 7) is 5.95. The third kappa shape index (κ3) is 9.32. The summed E-state index contributed by atoms with van der Waals surface area (Å²) in [5, 5.41) is 2.71. The average Bonchev–Trinajstić information content (AvgIpc) is 2.69. The summed E-state index contributed by atoms with van der Waals surface area (Å²) in [5.41, 5.74) is 0.338. The van der Waals surface area contributed by atoms with Gasteiger partial charge in [0, 0.05) is 19.4 Å². The van der Waals surface area contributed by atoms with E-state index in [0.29, 0.717) is 25.9 Å². The van der Waals surface area contributed by atoms with Gasteiger partial charge in [0.25, 0.3) is 0 Å². The fourth-order valence-electron chi connectivity index (χ4n) is 2.58. The van der Waals surface area contributed by atoms with Gasteiger partial charge in [-0.05, 0) is 38.5 Å². The summed E-state index contributed by atoms with van der Waals surface area (Å²) < 4.78 is 11.1. The predicted molar refractivity (Wildman–Crippen MR) is 115 cm³/mol. The summed E-state index contributed by atoms with van der Waals surface area (Å²) >= 11 is 0. The van der Waals surface area contributed by atoms with E-state index in [-0.39, 0.29) is 12.5 Å². The molecule has 0 fully saturated rings. The molecule has 0 unspecified atom stereocenters. The van der Waals surface area contributed by atoms with Crippen LogP contribution in [0.4, 0.5) is 4.79 Å². The summed E-state index contributed by atoms with van der Waals surface area (Å²) in [4.78, 5) is 26.5. The first-order chi connectivity index (χ1) is 14.3. The van der Waals surface area contributed by atoms with Crippen LogP contribution in [0.5, 0.6) is 0 Å². The lowest BCUT2D eigenvalue weighted by Gasteiger charge is -2.25. The molecule has 1 aliphatic rings. The smallest absolute Gasteiger partial charge is 0.409 e. The molecule has 30 heavy (non-hydrogen) atoms. The number of rotatable bonds is 6. The molecule has 2 rings (SSSR count). The maximum atomic E-state index is 12.7. The normalized spacial score (nSPS) is 15.5. The van der Waals surface area contributed by atoms with Crippen LogP contribution >= 0.6 is 0 Å². The van der Waals surface area contributed by atoms with Crippen molar-refractivity contribution in [2.45, 2.75) is 45.4 Å². The minimum absolute atomic E-state index is 0.182. The zero-order valence-electron chi connectivity index (χ0n) is 17.7. The van der Waals surface area contributed by atoms with Crippen molar-refractivity contribution in [3.8, 4) is 23.7 Å². The van der Waals surface area contributed by atoms with E-state index in [0.717, 1.165) is 5.56 Å². The van der Waals surface area contributed by atoms with Crippen LogP contribution in [0.1, 0.15) is 32.8 Å². The first-order valence-electron chi connectivity index (χ1n) is 9.88. The summed E-state index contributed by atoms with van der Waals surface area (Å²) in [6.07, 6.45) is 3.02. The van der Waals surface area contributed by atoms with Gasteiger partial charge in [-0.2, -0.15) is 0 Å². The third-order valence-electron chi connectivity index (χ3n) is 3.93. The number of nitrogens with one attached hydrogen (secondary N) is 1. The highest BCUT2D eigenvalue weighted by Crippen LogP contribution is 2.09. The first kappa shape index (κ1) is 23.1. The molecule has 1 N–H and O–H groups in total. The van der Waals surface area contributed by atoms with Gasteiger partial charge >= 0.3 is 6.09 Å². The molecule has 6 heteroatoms. The largest absolute Gasteiger partial charge is 0.444 e. The van der Waals surface area contributed by atoms with Gasteiger partial charge in [-0.1, -0.05) is 54.0 Å². The number of benzene rings is 1. The molecule has 0 spiro atoms. The SMILES string of the molecule is CC(C)(C)OC(=O)N[C@@H](Cc1ccccc1)OCC(=O)N1CC#C/C=C\C#CCC1. The van der Waals surface area contributed by atoms with Crippen LogP contribution in [0.25, 0.3) is 0 Å². The van der Waals surface area contributed by atoms with Gasteiger partial charge in [0.15, 0.2) is 0 Å². The second-order valence-corrected chi connectivity index (χ2v) is 7.68. The fourth-order valence-corrected chi connectivity index (χ4v) is 2.58. The lowest BCUT2D eigenvalue weighted by Crippen LogP contribution is -2.44. The molecule has 158 valence electrons. The van der Waals surface area contributed by atoms with Gasteiger partial charge in [0.2, 0.25) is 5.91 Å². The fraction of sp³-hybridized carbons (Fsp3) is 0.417. The van der Waals surface area contributed by atoms with Crippen molar-refractivity contribution in [2.24, 2.45) is 0 Å². The monoisotopic (exact) mass is 408 g/mol. The van der Waals surface area contributed by atoms with E-state index in [4.69, 9.17) is 9.47 Å². The second kappa shape index (κ2) is 11.7. The Balaban J connectivity index is 1.99. The zero-order valence-corrected chi connectivity index (χ0v) is 17.7. The topological polar surface area (TPSA) is 67.9 Å². The van der Waals surface area contributed by atoms with Gasteiger partial charge in [-0.25, -0.2) is 4.79 Å². The molecule has 0 bridgehead atoms. The Hall–Kier alpha value is -3.22. The Morgan fingerprint density at radius 3 is 2.53 bits per heavy atom. The van der Waals surface area contributed by atoms with Gasteiger partial charge in [-0.3, -0.25) is 10.1 Å². The van der Waals surface area contributed by atoms with Crippen molar-refractivity contribution in [2.75, 3.05) is 19.7 Å². The van der Waals surface area contributed by atoms with Gasteiger partial charge in [0.05, 0.1) is 6.54 Å². The van der Waals surface area contributed by atoms with Crippen molar-refractivity contribution in [1.82, 2.24) is 10.2 Å². The van der Waals surface area contributed by atoms with Gasteiger partial charge < -0.3 is 14.4 Å². The van der Waals surface area contributed by atoms with E-state index in [1.807, 2.05) is 30.3 Å². The molecule has 0 radical (unpaired) electrons. The van der Waals surface area contributed by atoms with Crippen molar-refractivity contribution >= 4 is 12.0 Å². The van der Waals surface area contributed by atoms with Crippen LogP contribution < -0.4 is 5.32 Å². The van der Waals surface area contributed by atoms with E-state index < -0.39 is 17.9 Å². The molecule has 1 atom stereocenters. The Morgan fingerprint density at radius 2 is 1.83 bits per heavy atom. The van der Waals surface area contributed by atoms with Crippen molar-refractivity contribution in [1.29, 1.82) is 0 Å². The third-order valence-corrected chi connectivity index (χ3v) is 3.93. The van der Waals surface area contributed by atoms with E-state index in [1.165, 1.54) is 0 Å². The van der Waals surface area contributed by atoms with Crippen LogP contribution in [0, 0.1) is 23.7 Å². The molecule has 1 heterocycles. The number of hydrogen-bond acceptors (Lipinski definition) is 4. The summed E-state index contributed by atoms with van der Waals surface area (Å²) in [7, 11) is 0. The number of ether oxygens (including phenoxy) is 2. The highest BCUT2D eigenvalue weighted by atomic mass is 16.6. The Labute approximate surface area is 178 Å². The van der Waals surface area contributed by atoms with E-state index in [9.17, 15) is 9.59 Å². The molecular weight excluding hydrogens is 380 g/mol. The maximum absolute atomic E-state index is 12.7. The van der Waals surface area contributed by atoms with Crippen LogP contribution in [-0.4, -0.2) is 48.4 Å². The number of alkyl carbamates (subject to hydrolysis) is 1. The number of hydrogen-bond donors (Lipinski definition) is 1. The van der Waals surface area contributed by atoms with Crippen molar-refractivity contribution in [3.05, 3.63) is 48.0 Å². The molecule has 0 saturated carbocycles. The molecule has 0 aromatic heterocycles. The first-order valence-corrected chi connectivity index (χ1v) is 9.88. The Bertz CT molecular complexity index is 864. The Morgan fingerprint density at radius 1 is 1.13 bits per heavy atom. The molecular formula is C24H28N2O4. The number of amides is 2. The zero-order chi connectivity index (χ0) is 21.8. The lowest BCUT2D eigenvalue weighted by molar-refractivity contribution is -0.138. The van der Waals surface area contributed by atoms with Gasteiger partial charge in [-0.15, -0.1) is 0 Å². The molecule has 2 amide bonds. The lowest BCUT2D eigenvalue weighted by atomic mass is 10.1. The molecule has 6 nitrogen and oxygen atoms in total. The van der Waals surface area contributed by atoms with Crippen LogP contribution in [0.2, 0.25) is 0 Å². The summed E-state index contributed by atoms with van der Waals surface area (Å²) in [5.74, 6) is 11.4. The maximum Gasteiger partial charge on any atom is 0.409 e. The second-order valence-electron chi connectivity index (χ2n) is 7.68. The number of carbonyl (C=O) groups excluding carboxylic acids is 2. The minimum Gasteiger partial charge on any atom is -0.444 e. The summed E-state index contributed by atoms with van der Waals surface area (Å²) in [6, 6.07) is 9.59. The molecule has 0 saturated heterocycles. The van der Waals surface area contributed by atoms with E-state index >= 15 is 0 Å².